The summed E-state index contributed by atoms with van der Waals surface area (Å²) in [6, 6.07) is 9.70. The van der Waals surface area contributed by atoms with Gasteiger partial charge < -0.3 is 4.42 Å². The molecule has 0 unspecified atom stereocenters. The second kappa shape index (κ2) is 6.76. The van der Waals surface area contributed by atoms with Crippen LogP contribution in [0.3, 0.4) is 0 Å². The molecule has 0 amide bonds. The fourth-order valence-corrected chi connectivity index (χ4v) is 2.93. The van der Waals surface area contributed by atoms with Gasteiger partial charge in [0.1, 0.15) is 5.82 Å². The Morgan fingerprint density at radius 2 is 2.00 bits per heavy atom. The van der Waals surface area contributed by atoms with Crippen molar-refractivity contribution in [3.8, 4) is 17.3 Å². The normalized spacial score (nSPS) is 11.5. The molecule has 27 heavy (non-hydrogen) atoms. The predicted molar refractivity (Wildman–Crippen MR) is 101 cm³/mol. The van der Waals surface area contributed by atoms with E-state index in [9.17, 15) is 4.39 Å². The smallest absolute Gasteiger partial charge is 0.219 e. The van der Waals surface area contributed by atoms with Crippen molar-refractivity contribution in [3.05, 3.63) is 70.2 Å². The van der Waals surface area contributed by atoms with E-state index in [-0.39, 0.29) is 5.82 Å². The SMILES string of the molecule is Cc1nn(-c2ccc(F)cc2)c(C)c1/C=N/n1c(-c2ccco2)n[nH]c1=S. The zero-order valence-corrected chi connectivity index (χ0v) is 15.4. The van der Waals surface area contributed by atoms with Crippen LogP contribution in [0, 0.1) is 24.4 Å². The molecule has 0 saturated carbocycles. The van der Waals surface area contributed by atoms with Crippen LogP contribution in [0.5, 0.6) is 0 Å². The molecule has 0 atom stereocenters. The molecule has 3 aromatic heterocycles. The average Bonchev–Trinajstić information content (AvgIpc) is 3.36. The lowest BCUT2D eigenvalue weighted by Crippen LogP contribution is -2.00. The first-order valence-corrected chi connectivity index (χ1v) is 8.53. The van der Waals surface area contributed by atoms with Gasteiger partial charge in [-0.25, -0.2) is 14.2 Å². The molecule has 0 bridgehead atoms. The zero-order valence-electron chi connectivity index (χ0n) is 14.5. The first-order chi connectivity index (χ1) is 13.0. The lowest BCUT2D eigenvalue weighted by atomic mass is 10.2. The fourth-order valence-electron chi connectivity index (χ4n) is 2.75. The number of rotatable bonds is 4. The molecule has 0 saturated heterocycles. The van der Waals surface area contributed by atoms with E-state index in [1.165, 1.54) is 16.8 Å². The van der Waals surface area contributed by atoms with Crippen LogP contribution < -0.4 is 0 Å². The molecule has 4 rings (SSSR count). The van der Waals surface area contributed by atoms with Gasteiger partial charge >= 0.3 is 0 Å². The molecular weight excluding hydrogens is 367 g/mol. The Bertz CT molecular complexity index is 1170. The largest absolute Gasteiger partial charge is 0.461 e. The number of aromatic nitrogens is 5. The first-order valence-electron chi connectivity index (χ1n) is 8.12. The van der Waals surface area contributed by atoms with Crippen LogP contribution in [-0.4, -0.2) is 30.9 Å². The van der Waals surface area contributed by atoms with Gasteiger partial charge in [0.25, 0.3) is 0 Å². The quantitative estimate of drug-likeness (QED) is 0.427. The third kappa shape index (κ3) is 3.13. The molecule has 3 heterocycles. The van der Waals surface area contributed by atoms with E-state index in [2.05, 4.69) is 20.4 Å². The van der Waals surface area contributed by atoms with Gasteiger partial charge in [0.15, 0.2) is 5.76 Å². The minimum Gasteiger partial charge on any atom is -0.461 e. The van der Waals surface area contributed by atoms with Crippen molar-refractivity contribution < 1.29 is 8.81 Å². The molecule has 1 N–H and O–H groups in total. The van der Waals surface area contributed by atoms with Crippen LogP contribution >= 0.6 is 12.2 Å². The van der Waals surface area contributed by atoms with E-state index < -0.39 is 0 Å². The van der Waals surface area contributed by atoms with Crippen LogP contribution in [-0.2, 0) is 0 Å². The summed E-state index contributed by atoms with van der Waals surface area (Å²) in [4.78, 5) is 0. The molecule has 0 aliphatic carbocycles. The van der Waals surface area contributed by atoms with Crippen LogP contribution in [0.15, 0.2) is 52.2 Å². The van der Waals surface area contributed by atoms with E-state index in [1.807, 2.05) is 13.8 Å². The summed E-state index contributed by atoms with van der Waals surface area (Å²) in [5.74, 6) is 0.735. The van der Waals surface area contributed by atoms with Crippen molar-refractivity contribution in [1.29, 1.82) is 0 Å². The van der Waals surface area contributed by atoms with E-state index in [0.29, 0.717) is 16.4 Å². The van der Waals surface area contributed by atoms with Gasteiger partial charge in [0.05, 0.1) is 29.6 Å². The van der Waals surface area contributed by atoms with Crippen LogP contribution in [0.25, 0.3) is 17.3 Å². The Labute approximate surface area is 158 Å². The maximum Gasteiger partial charge on any atom is 0.219 e. The van der Waals surface area contributed by atoms with Crippen molar-refractivity contribution in [1.82, 2.24) is 24.7 Å². The van der Waals surface area contributed by atoms with E-state index >= 15 is 0 Å². The molecule has 0 fully saturated rings. The summed E-state index contributed by atoms with van der Waals surface area (Å²) < 4.78 is 22.1. The van der Waals surface area contributed by atoms with Gasteiger partial charge in [-0.15, -0.1) is 5.10 Å². The third-order valence-electron chi connectivity index (χ3n) is 4.11. The Morgan fingerprint density at radius 3 is 2.70 bits per heavy atom. The number of aryl methyl sites for hydroxylation is 1. The summed E-state index contributed by atoms with van der Waals surface area (Å²) in [6.07, 6.45) is 3.23. The minimum absolute atomic E-state index is 0.290. The third-order valence-corrected chi connectivity index (χ3v) is 4.38. The Balaban J connectivity index is 1.73. The molecule has 0 spiro atoms. The van der Waals surface area contributed by atoms with Crippen LogP contribution in [0.2, 0.25) is 0 Å². The van der Waals surface area contributed by atoms with Crippen LogP contribution in [0.4, 0.5) is 4.39 Å². The maximum atomic E-state index is 13.2. The van der Waals surface area contributed by atoms with Gasteiger partial charge in [-0.3, -0.25) is 0 Å². The molecule has 9 heteroatoms. The Kier molecular flexibility index (Phi) is 4.28. The van der Waals surface area contributed by atoms with E-state index in [0.717, 1.165) is 22.6 Å². The molecule has 0 aliphatic rings. The highest BCUT2D eigenvalue weighted by Gasteiger charge is 2.13. The number of nitrogens with zero attached hydrogens (tertiary/aromatic N) is 5. The summed E-state index contributed by atoms with van der Waals surface area (Å²) in [5, 5.41) is 15.9. The number of hydrogen-bond acceptors (Lipinski definition) is 5. The number of aromatic amines is 1. The molecule has 0 aliphatic heterocycles. The number of halogens is 1. The molecule has 1 aromatic carbocycles. The monoisotopic (exact) mass is 382 g/mol. The Morgan fingerprint density at radius 1 is 1.22 bits per heavy atom. The van der Waals surface area contributed by atoms with Gasteiger partial charge in [0.2, 0.25) is 10.6 Å². The molecule has 0 radical (unpaired) electrons. The highest BCUT2D eigenvalue weighted by molar-refractivity contribution is 7.71. The number of nitrogens with one attached hydrogen (secondary N) is 1. The maximum absolute atomic E-state index is 13.2. The number of H-pyrrole nitrogens is 1. The lowest BCUT2D eigenvalue weighted by molar-refractivity contribution is 0.573. The fraction of sp³-hybridized carbons (Fsp3) is 0.111. The second-order valence-corrected chi connectivity index (χ2v) is 6.25. The highest BCUT2D eigenvalue weighted by atomic mass is 32.1. The van der Waals surface area contributed by atoms with E-state index in [1.54, 1.807) is 41.4 Å². The van der Waals surface area contributed by atoms with Crippen molar-refractivity contribution >= 4 is 18.4 Å². The zero-order chi connectivity index (χ0) is 19.0. The van der Waals surface area contributed by atoms with Crippen molar-refractivity contribution in [2.45, 2.75) is 13.8 Å². The highest BCUT2D eigenvalue weighted by Crippen LogP contribution is 2.19. The predicted octanol–water partition coefficient (Wildman–Crippen LogP) is 4.02. The average molecular weight is 382 g/mol. The standard InChI is InChI=1S/C18H15FN6OS/c1-11-15(12(2)24(23-11)14-7-5-13(19)6-8-14)10-20-25-17(21-22-18(25)27)16-4-3-9-26-16/h3-10H,1-2H3,(H,22,27)/b20-10+. The van der Waals surface area contributed by atoms with Gasteiger partial charge in [-0.05, 0) is 62.5 Å². The molecule has 136 valence electrons. The Hall–Kier alpha value is -3.33. The van der Waals surface area contributed by atoms with Crippen molar-refractivity contribution in [2.24, 2.45) is 5.10 Å². The molecule has 7 nitrogen and oxygen atoms in total. The summed E-state index contributed by atoms with van der Waals surface area (Å²) in [7, 11) is 0. The summed E-state index contributed by atoms with van der Waals surface area (Å²) in [6.45, 7) is 3.81. The number of furan rings is 1. The van der Waals surface area contributed by atoms with Crippen LogP contribution in [0.1, 0.15) is 17.0 Å². The van der Waals surface area contributed by atoms with Crippen molar-refractivity contribution in [3.63, 3.8) is 0 Å². The van der Waals surface area contributed by atoms with Crippen molar-refractivity contribution in [2.75, 3.05) is 0 Å². The van der Waals surface area contributed by atoms with E-state index in [4.69, 9.17) is 16.6 Å². The van der Waals surface area contributed by atoms with Gasteiger partial charge in [0, 0.05) is 5.56 Å². The molecular formula is C18H15FN6OS. The lowest BCUT2D eigenvalue weighted by Gasteiger charge is -2.04. The summed E-state index contributed by atoms with van der Waals surface area (Å²) in [5.41, 5.74) is 3.27. The minimum atomic E-state index is -0.290. The molecule has 4 aromatic rings. The topological polar surface area (TPSA) is 76.9 Å². The number of hydrogen-bond donors (Lipinski definition) is 1. The first kappa shape index (κ1) is 17.1. The second-order valence-electron chi connectivity index (χ2n) is 5.86. The number of benzene rings is 1. The summed E-state index contributed by atoms with van der Waals surface area (Å²) >= 11 is 5.25. The van der Waals surface area contributed by atoms with Gasteiger partial charge in [-0.1, -0.05) is 0 Å². The van der Waals surface area contributed by atoms with Gasteiger partial charge in [-0.2, -0.15) is 14.9 Å².